The van der Waals surface area contributed by atoms with Crippen LogP contribution in [0.25, 0.3) is 22.3 Å². The molecule has 8 N–H and O–H groups in total. The molecule has 6 aromatic carbocycles. The topological polar surface area (TPSA) is 166 Å². The molecule has 11 heteroatoms. The fourth-order valence-electron chi connectivity index (χ4n) is 9.08. The van der Waals surface area contributed by atoms with Gasteiger partial charge in [0.1, 0.15) is 19.0 Å². The normalized spacial score (nSPS) is 13.1. The summed E-state index contributed by atoms with van der Waals surface area (Å²) < 4.78 is 25.1. The number of fused-ring (bicyclic) bond motifs is 6. The van der Waals surface area contributed by atoms with Gasteiger partial charge in [-0.3, -0.25) is 19.2 Å². The Hall–Kier alpha value is -6.95. The number of hydrogen-bond donors (Lipinski definition) is 4. The molecule has 0 spiro atoms. The summed E-state index contributed by atoms with van der Waals surface area (Å²) in [5.74, 6) is -2.61. The van der Waals surface area contributed by atoms with Crippen molar-refractivity contribution in [3.8, 4) is 22.3 Å². The van der Waals surface area contributed by atoms with Crippen LogP contribution in [0, 0.1) is 17.7 Å². The molecule has 6 aromatic rings. The second kappa shape index (κ2) is 24.0. The number of benzene rings is 6. The van der Waals surface area contributed by atoms with E-state index in [0.29, 0.717) is 31.6 Å². The van der Waals surface area contributed by atoms with Gasteiger partial charge in [0.05, 0.1) is 37.8 Å². The number of esters is 2. The van der Waals surface area contributed by atoms with Crippen LogP contribution in [0.1, 0.15) is 70.9 Å². The van der Waals surface area contributed by atoms with Gasteiger partial charge in [0.15, 0.2) is 0 Å². The molecule has 2 amide bonds. The Morgan fingerprint density at radius 1 is 0.493 bits per heavy atom. The van der Waals surface area contributed by atoms with Gasteiger partial charge in [-0.15, -0.1) is 0 Å². The van der Waals surface area contributed by atoms with Crippen molar-refractivity contribution in [1.29, 1.82) is 0 Å². The highest BCUT2D eigenvalue weighted by molar-refractivity contribution is 5.85. The van der Waals surface area contributed by atoms with Gasteiger partial charge in [-0.05, 0) is 80.6 Å². The number of carbonyl (C=O) groups is 4. The summed E-state index contributed by atoms with van der Waals surface area (Å²) in [7, 11) is 0. The second-order valence-corrected chi connectivity index (χ2v) is 17.1. The second-order valence-electron chi connectivity index (χ2n) is 17.1. The summed E-state index contributed by atoms with van der Waals surface area (Å²) >= 11 is 0. The monoisotopic (exact) mass is 904 g/mol. The number of nitrogens with one attached hydrogen (secondary N) is 2. The van der Waals surface area contributed by atoms with Gasteiger partial charge in [-0.25, -0.2) is 4.39 Å². The van der Waals surface area contributed by atoms with E-state index in [9.17, 15) is 23.6 Å². The summed E-state index contributed by atoms with van der Waals surface area (Å²) in [6.45, 7) is 3.01. The first kappa shape index (κ1) is 48.0. The van der Waals surface area contributed by atoms with E-state index < -0.39 is 17.8 Å². The molecule has 0 bridgehead atoms. The molecule has 10 nitrogen and oxygen atoms in total. The van der Waals surface area contributed by atoms with E-state index in [1.807, 2.05) is 78.9 Å². The number of ether oxygens (including phenoxy) is 2. The van der Waals surface area contributed by atoms with Crippen LogP contribution in [-0.2, 0) is 41.5 Å². The molecular weight excluding hydrogens is 844 g/mol. The average molecular weight is 905 g/mol. The molecule has 2 aliphatic rings. The van der Waals surface area contributed by atoms with Gasteiger partial charge in [0.25, 0.3) is 0 Å². The maximum Gasteiger partial charge on any atom is 0.306 e. The van der Waals surface area contributed by atoms with Gasteiger partial charge >= 0.3 is 11.9 Å². The van der Waals surface area contributed by atoms with Crippen LogP contribution >= 0.6 is 0 Å². The summed E-state index contributed by atoms with van der Waals surface area (Å²) in [6.07, 6.45) is 2.32. The minimum atomic E-state index is -0.637. The third-order valence-electron chi connectivity index (χ3n) is 12.5. The smallest absolute Gasteiger partial charge is 0.306 e. The van der Waals surface area contributed by atoms with Gasteiger partial charge < -0.3 is 31.6 Å². The van der Waals surface area contributed by atoms with Crippen LogP contribution in [0.2, 0.25) is 0 Å². The van der Waals surface area contributed by atoms with E-state index >= 15 is 0 Å². The molecule has 2 unspecified atom stereocenters. The Morgan fingerprint density at radius 3 is 1.27 bits per heavy atom. The molecule has 0 fully saturated rings. The van der Waals surface area contributed by atoms with E-state index in [0.717, 1.165) is 47.2 Å². The van der Waals surface area contributed by atoms with Crippen molar-refractivity contribution in [1.82, 2.24) is 10.6 Å². The maximum absolute atomic E-state index is 13.7. The summed E-state index contributed by atoms with van der Waals surface area (Å²) in [4.78, 5) is 51.3. The molecule has 0 aliphatic heterocycles. The Balaban J connectivity index is 0.000000199. The molecule has 0 saturated heterocycles. The maximum atomic E-state index is 13.7. The predicted octanol–water partition coefficient (Wildman–Crippen LogP) is 6.82. The highest BCUT2D eigenvalue weighted by Crippen LogP contribution is 2.45. The minimum Gasteiger partial charge on any atom is -0.465 e. The minimum absolute atomic E-state index is 0.0137. The van der Waals surface area contributed by atoms with Crippen LogP contribution in [-0.4, -0.2) is 63.1 Å². The SMILES string of the molecule is [NH3+]CCCNC(=O)C(CC(=O)OCC1c2ccccc2-c2ccccc21)Cc1cccc(F)c1.[NH3+]CCCNC(=O)C(CC(=O)OCC1c2ccccc2-c2ccccc21)Cc1ccccc1. The Labute approximate surface area is 392 Å². The molecule has 2 atom stereocenters. The first-order valence-electron chi connectivity index (χ1n) is 23.3. The largest absolute Gasteiger partial charge is 0.465 e. The Bertz CT molecular complexity index is 2530. The Morgan fingerprint density at radius 2 is 0.866 bits per heavy atom. The Kier molecular flexibility index (Phi) is 17.2. The van der Waals surface area contributed by atoms with Crippen molar-refractivity contribution in [2.24, 2.45) is 11.8 Å². The van der Waals surface area contributed by atoms with E-state index in [4.69, 9.17) is 9.47 Å². The molecule has 0 saturated carbocycles. The summed E-state index contributed by atoms with van der Waals surface area (Å²) in [6, 6.07) is 48.7. The van der Waals surface area contributed by atoms with Gasteiger partial charge in [-0.2, -0.15) is 0 Å². The molecule has 0 aromatic heterocycles. The third kappa shape index (κ3) is 12.7. The lowest BCUT2D eigenvalue weighted by atomic mass is 9.95. The van der Waals surface area contributed by atoms with Crippen molar-refractivity contribution in [3.63, 3.8) is 0 Å². The van der Waals surface area contributed by atoms with Crippen molar-refractivity contribution in [2.75, 3.05) is 39.4 Å². The highest BCUT2D eigenvalue weighted by Gasteiger charge is 2.32. The number of amides is 2. The molecule has 0 heterocycles. The number of halogens is 1. The van der Waals surface area contributed by atoms with Crippen molar-refractivity contribution in [3.05, 3.63) is 191 Å². The van der Waals surface area contributed by atoms with Gasteiger partial charge in [-0.1, -0.05) is 140 Å². The lowest BCUT2D eigenvalue weighted by Gasteiger charge is -2.18. The molecule has 0 radical (unpaired) electrons. The fraction of sp³-hybridized carbons (Fsp3) is 0.286. The van der Waals surface area contributed by atoms with Gasteiger partial charge in [0, 0.05) is 37.8 Å². The quantitative estimate of drug-likeness (QED) is 0.0485. The molecule has 2 aliphatic carbocycles. The lowest BCUT2D eigenvalue weighted by molar-refractivity contribution is -0.368. The zero-order valence-electron chi connectivity index (χ0n) is 38.0. The third-order valence-corrected chi connectivity index (χ3v) is 12.5. The van der Waals surface area contributed by atoms with Crippen molar-refractivity contribution in [2.45, 2.75) is 50.4 Å². The van der Waals surface area contributed by atoms with Crippen molar-refractivity contribution < 1.29 is 44.5 Å². The van der Waals surface area contributed by atoms with E-state index in [1.54, 1.807) is 12.1 Å². The summed E-state index contributed by atoms with van der Waals surface area (Å²) in [5.41, 5.74) is 18.6. The van der Waals surface area contributed by atoms with E-state index in [2.05, 4.69) is 70.6 Å². The number of carbonyl (C=O) groups excluding carboxylic acids is 4. The van der Waals surface area contributed by atoms with Crippen molar-refractivity contribution >= 4 is 23.8 Å². The zero-order chi connectivity index (χ0) is 47.0. The molecular formula is C56H61FN4O6+2. The van der Waals surface area contributed by atoms with Crippen LogP contribution in [0.3, 0.4) is 0 Å². The van der Waals surface area contributed by atoms with Gasteiger partial charge in [0.2, 0.25) is 11.8 Å². The van der Waals surface area contributed by atoms with Crippen LogP contribution in [0.4, 0.5) is 4.39 Å². The van der Waals surface area contributed by atoms with E-state index in [1.165, 1.54) is 34.4 Å². The van der Waals surface area contributed by atoms with E-state index in [-0.39, 0.29) is 67.9 Å². The number of quaternary nitrogens is 2. The molecule has 8 rings (SSSR count). The first-order chi connectivity index (χ1) is 32.7. The highest BCUT2D eigenvalue weighted by atomic mass is 19.1. The fourth-order valence-corrected chi connectivity index (χ4v) is 9.08. The number of rotatable bonds is 20. The van der Waals surface area contributed by atoms with Crippen LogP contribution < -0.4 is 22.1 Å². The predicted molar refractivity (Wildman–Crippen MR) is 257 cm³/mol. The van der Waals surface area contributed by atoms with Crippen LogP contribution in [0.5, 0.6) is 0 Å². The summed E-state index contributed by atoms with van der Waals surface area (Å²) in [5, 5.41) is 5.81. The standard InChI is InChI=1S/C28H29FN2O3.C28H30N2O3/c29-21-8-5-7-19(16-21)15-20(28(33)31-14-6-13-30)17-27(32)34-18-26-24-11-3-1-9-22(24)23-10-2-4-12-25(23)26;29-15-8-16-30-28(32)21(17-20-9-2-1-3-10-20)18-27(31)33-19-26-24-13-6-4-11-22(24)23-12-5-7-14-25(23)26/h1-5,7-12,16,20,26H,6,13-15,17-18,30H2,(H,31,33);1-7,9-14,21,26H,8,15-19,29H2,(H,30,32)/p+2. The molecule has 67 heavy (non-hydrogen) atoms. The lowest BCUT2D eigenvalue weighted by Crippen LogP contribution is -2.51. The number of hydrogen-bond acceptors (Lipinski definition) is 6. The van der Waals surface area contributed by atoms with Crippen LogP contribution in [0.15, 0.2) is 152 Å². The zero-order valence-corrected chi connectivity index (χ0v) is 38.0. The first-order valence-corrected chi connectivity index (χ1v) is 23.3. The molecule has 346 valence electrons. The average Bonchev–Trinajstić information content (AvgIpc) is 3.85.